The van der Waals surface area contributed by atoms with E-state index in [-0.39, 0.29) is 0 Å². The van der Waals surface area contributed by atoms with Crippen LogP contribution in [0.3, 0.4) is 0 Å². The smallest absolute Gasteiger partial charge is 0.0350 e. The molecule has 0 fully saturated rings. The fraction of sp³-hybridized carbons (Fsp3) is 0.333. The third-order valence-electron chi connectivity index (χ3n) is 1.44. The highest BCUT2D eigenvalue weighted by Crippen LogP contribution is 1.95. The van der Waals surface area contributed by atoms with Crippen LogP contribution >= 0.6 is 0 Å². The highest BCUT2D eigenvalue weighted by molar-refractivity contribution is 5.23. The van der Waals surface area contributed by atoms with Gasteiger partial charge < -0.3 is 0 Å². The van der Waals surface area contributed by atoms with E-state index >= 15 is 0 Å². The Bertz CT molecular complexity index is 192. The SMILES string of the molecule is C=CC=C(C)C=CC=CCCC. The maximum Gasteiger partial charge on any atom is -0.0350 e. The van der Waals surface area contributed by atoms with Crippen LogP contribution in [0.1, 0.15) is 26.7 Å². The number of unbranched alkanes of at least 4 members (excludes halogenated alkanes) is 1. The van der Waals surface area contributed by atoms with Crippen molar-refractivity contribution >= 4 is 0 Å². The Morgan fingerprint density at radius 2 is 2.08 bits per heavy atom. The molecule has 0 saturated carbocycles. The first-order valence-corrected chi connectivity index (χ1v) is 4.43. The Labute approximate surface area is 76.0 Å². The zero-order chi connectivity index (χ0) is 9.23. The van der Waals surface area contributed by atoms with Crippen LogP contribution in [-0.4, -0.2) is 0 Å². The zero-order valence-corrected chi connectivity index (χ0v) is 8.09. The fourth-order valence-corrected chi connectivity index (χ4v) is 0.790. The fourth-order valence-electron chi connectivity index (χ4n) is 0.790. The lowest BCUT2D eigenvalue weighted by atomic mass is 10.2. The molecule has 0 heteroatoms. The van der Waals surface area contributed by atoms with Crippen LogP contribution in [0.15, 0.2) is 48.6 Å². The van der Waals surface area contributed by atoms with Gasteiger partial charge in [0.15, 0.2) is 0 Å². The van der Waals surface area contributed by atoms with E-state index in [1.165, 1.54) is 12.0 Å². The molecule has 0 unspecified atom stereocenters. The maximum atomic E-state index is 3.63. The standard InChI is InChI=1S/C12H18/c1-4-6-7-8-9-11-12(3)10-5-2/h5,7-11H,2,4,6H2,1,3H3. The summed E-state index contributed by atoms with van der Waals surface area (Å²) in [5.41, 5.74) is 1.23. The average molecular weight is 162 g/mol. The quantitative estimate of drug-likeness (QED) is 0.535. The van der Waals surface area contributed by atoms with Crippen molar-refractivity contribution in [2.24, 2.45) is 0 Å². The molecule has 0 aromatic heterocycles. The van der Waals surface area contributed by atoms with Gasteiger partial charge in [-0.25, -0.2) is 0 Å². The van der Waals surface area contributed by atoms with E-state index in [2.05, 4.69) is 44.7 Å². The van der Waals surface area contributed by atoms with E-state index < -0.39 is 0 Å². The Balaban J connectivity index is 3.75. The summed E-state index contributed by atoms with van der Waals surface area (Å²) in [6.45, 7) is 7.87. The lowest BCUT2D eigenvalue weighted by Gasteiger charge is -1.85. The molecule has 12 heavy (non-hydrogen) atoms. The first kappa shape index (κ1) is 11.0. The molecule has 0 aromatic rings. The molecule has 0 rings (SSSR count). The molecule has 0 spiro atoms. The molecule has 0 amide bonds. The molecule has 0 aliphatic heterocycles. The molecule has 0 N–H and O–H groups in total. The van der Waals surface area contributed by atoms with Gasteiger partial charge in [0.25, 0.3) is 0 Å². The minimum atomic E-state index is 1.16. The highest BCUT2D eigenvalue weighted by atomic mass is 13.8. The Morgan fingerprint density at radius 1 is 1.33 bits per heavy atom. The molecule has 0 aromatic carbocycles. The maximum absolute atomic E-state index is 3.63. The minimum absolute atomic E-state index is 1.16. The summed E-state index contributed by atoms with van der Waals surface area (Å²) in [5, 5.41) is 0. The summed E-state index contributed by atoms with van der Waals surface area (Å²) in [5.74, 6) is 0. The summed E-state index contributed by atoms with van der Waals surface area (Å²) < 4.78 is 0. The molecule has 0 nitrogen and oxygen atoms in total. The average Bonchev–Trinajstić information content (AvgIpc) is 2.05. The normalized spacial score (nSPS) is 13.0. The van der Waals surface area contributed by atoms with Gasteiger partial charge in [0.05, 0.1) is 0 Å². The van der Waals surface area contributed by atoms with Crippen molar-refractivity contribution in [3.63, 3.8) is 0 Å². The largest absolute Gasteiger partial charge is 0.0991 e. The lowest BCUT2D eigenvalue weighted by Crippen LogP contribution is -1.64. The van der Waals surface area contributed by atoms with Crippen LogP contribution in [0, 0.1) is 0 Å². The molecular weight excluding hydrogens is 144 g/mol. The first-order valence-electron chi connectivity index (χ1n) is 4.43. The number of rotatable bonds is 5. The van der Waals surface area contributed by atoms with Gasteiger partial charge in [-0.05, 0) is 13.3 Å². The summed E-state index contributed by atoms with van der Waals surface area (Å²) in [7, 11) is 0. The van der Waals surface area contributed by atoms with Gasteiger partial charge in [-0.3, -0.25) is 0 Å². The van der Waals surface area contributed by atoms with Crippen LogP contribution in [0.4, 0.5) is 0 Å². The van der Waals surface area contributed by atoms with Gasteiger partial charge in [0.2, 0.25) is 0 Å². The monoisotopic (exact) mass is 162 g/mol. The van der Waals surface area contributed by atoms with Crippen molar-refractivity contribution < 1.29 is 0 Å². The van der Waals surface area contributed by atoms with Crippen LogP contribution in [0.2, 0.25) is 0 Å². The Morgan fingerprint density at radius 3 is 2.67 bits per heavy atom. The van der Waals surface area contributed by atoms with Crippen molar-refractivity contribution in [1.82, 2.24) is 0 Å². The number of allylic oxidation sites excluding steroid dienone is 7. The molecule has 0 aliphatic carbocycles. The second kappa shape index (κ2) is 8.06. The molecule has 0 radical (unpaired) electrons. The van der Waals surface area contributed by atoms with Gasteiger partial charge in [-0.15, -0.1) is 0 Å². The van der Waals surface area contributed by atoms with Crippen molar-refractivity contribution in [3.05, 3.63) is 48.6 Å². The third kappa shape index (κ3) is 7.07. The Hall–Kier alpha value is -1.04. The first-order chi connectivity index (χ1) is 5.81. The van der Waals surface area contributed by atoms with Gasteiger partial charge in [0, 0.05) is 0 Å². The molecule has 66 valence electrons. The number of hydrogen-bond acceptors (Lipinski definition) is 0. The van der Waals surface area contributed by atoms with Gasteiger partial charge in [0.1, 0.15) is 0 Å². The van der Waals surface area contributed by atoms with E-state index in [9.17, 15) is 0 Å². The van der Waals surface area contributed by atoms with Gasteiger partial charge in [-0.2, -0.15) is 0 Å². The van der Waals surface area contributed by atoms with E-state index in [0.29, 0.717) is 0 Å². The second-order valence-electron chi connectivity index (χ2n) is 2.72. The second-order valence-corrected chi connectivity index (χ2v) is 2.72. The zero-order valence-electron chi connectivity index (χ0n) is 8.09. The van der Waals surface area contributed by atoms with Crippen LogP contribution < -0.4 is 0 Å². The third-order valence-corrected chi connectivity index (χ3v) is 1.44. The van der Waals surface area contributed by atoms with Crippen LogP contribution in [0.5, 0.6) is 0 Å². The van der Waals surface area contributed by atoms with Gasteiger partial charge >= 0.3 is 0 Å². The molecule has 0 saturated heterocycles. The molecule has 0 atom stereocenters. The van der Waals surface area contributed by atoms with Crippen molar-refractivity contribution in [2.75, 3.05) is 0 Å². The summed E-state index contributed by atoms with van der Waals surface area (Å²) in [4.78, 5) is 0. The lowest BCUT2D eigenvalue weighted by molar-refractivity contribution is 0.959. The van der Waals surface area contributed by atoms with Crippen molar-refractivity contribution in [1.29, 1.82) is 0 Å². The molecule has 0 aliphatic rings. The van der Waals surface area contributed by atoms with Crippen molar-refractivity contribution in [3.8, 4) is 0 Å². The molecule has 0 bridgehead atoms. The van der Waals surface area contributed by atoms with E-state index in [1.807, 2.05) is 6.08 Å². The minimum Gasteiger partial charge on any atom is -0.0991 e. The van der Waals surface area contributed by atoms with E-state index in [1.54, 1.807) is 6.08 Å². The molecule has 0 heterocycles. The summed E-state index contributed by atoms with van der Waals surface area (Å²) in [6, 6.07) is 0. The predicted molar refractivity (Wildman–Crippen MR) is 57.1 cm³/mol. The topological polar surface area (TPSA) is 0 Å². The van der Waals surface area contributed by atoms with Crippen LogP contribution in [0.25, 0.3) is 0 Å². The van der Waals surface area contributed by atoms with Gasteiger partial charge in [-0.1, -0.05) is 62.0 Å². The number of hydrogen-bond donors (Lipinski definition) is 0. The highest BCUT2D eigenvalue weighted by Gasteiger charge is 1.74. The predicted octanol–water partition coefficient (Wildman–Crippen LogP) is 4.03. The van der Waals surface area contributed by atoms with E-state index in [4.69, 9.17) is 0 Å². The van der Waals surface area contributed by atoms with E-state index in [0.717, 1.165) is 6.42 Å². The summed E-state index contributed by atoms with van der Waals surface area (Å²) in [6.07, 6.45) is 14.6. The van der Waals surface area contributed by atoms with Crippen LogP contribution in [-0.2, 0) is 0 Å². The Kier molecular flexibility index (Phi) is 7.36. The van der Waals surface area contributed by atoms with Crippen molar-refractivity contribution in [2.45, 2.75) is 26.7 Å². The summed E-state index contributed by atoms with van der Waals surface area (Å²) >= 11 is 0. The molecular formula is C12H18.